The first-order valence-corrected chi connectivity index (χ1v) is 11.7. The van der Waals surface area contributed by atoms with Gasteiger partial charge in [0.15, 0.2) is 5.82 Å². The number of ether oxygens (including phenoxy) is 1. The molecule has 1 N–H and O–H groups in total. The van der Waals surface area contributed by atoms with Gasteiger partial charge < -0.3 is 10.1 Å². The molecule has 1 heterocycles. The monoisotopic (exact) mass is 460 g/mol. The molecule has 0 radical (unpaired) electrons. The summed E-state index contributed by atoms with van der Waals surface area (Å²) in [4.78, 5) is 13.2. The molecule has 0 spiro atoms. The zero-order valence-electron chi connectivity index (χ0n) is 18.5. The van der Waals surface area contributed by atoms with Crippen LogP contribution >= 0.6 is 11.8 Å². The van der Waals surface area contributed by atoms with Gasteiger partial charge >= 0.3 is 0 Å². The largest absolute Gasteiger partial charge is 0.488 e. The van der Waals surface area contributed by atoms with Gasteiger partial charge in [0, 0.05) is 11.4 Å². The summed E-state index contributed by atoms with van der Waals surface area (Å²) in [6.07, 6.45) is 1.49. The van der Waals surface area contributed by atoms with Crippen LogP contribution in [-0.2, 0) is 12.4 Å². The summed E-state index contributed by atoms with van der Waals surface area (Å²) in [7, 11) is 0. The van der Waals surface area contributed by atoms with Crippen molar-refractivity contribution in [2.24, 2.45) is 0 Å². The number of para-hydroxylation sites is 1. The minimum absolute atomic E-state index is 0.270. The van der Waals surface area contributed by atoms with Crippen LogP contribution in [0.2, 0.25) is 0 Å². The number of rotatable bonds is 9. The Balaban J connectivity index is 1.50. The van der Waals surface area contributed by atoms with Crippen LogP contribution in [0.1, 0.15) is 25.0 Å². The molecule has 168 valence electrons. The first kappa shape index (κ1) is 22.7. The van der Waals surface area contributed by atoms with E-state index in [-0.39, 0.29) is 5.82 Å². The van der Waals surface area contributed by atoms with Gasteiger partial charge in [0.1, 0.15) is 24.5 Å². The first-order chi connectivity index (χ1) is 16.1. The fourth-order valence-electron chi connectivity index (χ4n) is 3.14. The number of nitrogens with zero attached hydrogens (tertiary/aromatic N) is 3. The molecule has 0 bridgehead atoms. The third kappa shape index (κ3) is 6.52. The maximum atomic E-state index is 13.2. The van der Waals surface area contributed by atoms with Crippen molar-refractivity contribution in [1.82, 2.24) is 15.0 Å². The Bertz CT molecular complexity index is 1200. The molecule has 0 aliphatic heterocycles. The third-order valence-electron chi connectivity index (χ3n) is 4.77. The van der Waals surface area contributed by atoms with Crippen molar-refractivity contribution in [3.05, 3.63) is 96.1 Å². The molecule has 0 aliphatic rings. The third-order valence-corrected chi connectivity index (χ3v) is 5.94. The number of hydrogen-bond donors (Lipinski definition) is 1. The Labute approximate surface area is 197 Å². The molecule has 0 fully saturated rings. The van der Waals surface area contributed by atoms with Crippen LogP contribution in [0.5, 0.6) is 5.75 Å². The van der Waals surface area contributed by atoms with Crippen molar-refractivity contribution in [2.75, 3.05) is 5.32 Å². The number of aromatic nitrogens is 3. The van der Waals surface area contributed by atoms with Crippen LogP contribution < -0.4 is 10.1 Å². The number of hydrogen-bond acceptors (Lipinski definition) is 6. The number of nitrogens with one attached hydrogen (secondary N) is 1. The predicted molar refractivity (Wildman–Crippen MR) is 132 cm³/mol. The van der Waals surface area contributed by atoms with E-state index in [1.165, 1.54) is 24.0 Å². The van der Waals surface area contributed by atoms with E-state index >= 15 is 0 Å². The fraction of sp³-hybridized carbons (Fsp3) is 0.192. The molecule has 0 aliphatic carbocycles. The Kier molecular flexibility index (Phi) is 7.52. The molecule has 0 saturated carbocycles. The maximum Gasteiger partial charge on any atom is 0.230 e. The molecule has 0 atom stereocenters. The molecule has 5 nitrogen and oxygen atoms in total. The molecule has 0 saturated heterocycles. The van der Waals surface area contributed by atoms with Gasteiger partial charge in [0.25, 0.3) is 0 Å². The van der Waals surface area contributed by atoms with Crippen molar-refractivity contribution >= 4 is 23.4 Å². The van der Waals surface area contributed by atoms with E-state index in [1.807, 2.05) is 48.2 Å². The first-order valence-electron chi connectivity index (χ1n) is 10.7. The Hall–Kier alpha value is -3.45. The van der Waals surface area contributed by atoms with Gasteiger partial charge in [0.05, 0.1) is 5.56 Å². The second-order valence-electron chi connectivity index (χ2n) is 7.73. The van der Waals surface area contributed by atoms with Gasteiger partial charge in [-0.3, -0.25) is 0 Å². The van der Waals surface area contributed by atoms with Crippen molar-refractivity contribution in [3.63, 3.8) is 0 Å². The van der Waals surface area contributed by atoms with E-state index in [2.05, 4.69) is 46.2 Å². The van der Waals surface area contributed by atoms with Crippen LogP contribution in [0.4, 0.5) is 16.0 Å². The molecular formula is C26H25FN4OS. The lowest BCUT2D eigenvalue weighted by molar-refractivity contribution is 0.307. The highest BCUT2D eigenvalue weighted by atomic mass is 32.2. The Morgan fingerprint density at radius 2 is 1.76 bits per heavy atom. The van der Waals surface area contributed by atoms with Gasteiger partial charge in [-0.25, -0.2) is 14.4 Å². The molecular weight excluding hydrogens is 435 g/mol. The summed E-state index contributed by atoms with van der Waals surface area (Å²) in [5.41, 5.74) is 3.80. The van der Waals surface area contributed by atoms with Gasteiger partial charge in [-0.2, -0.15) is 16.7 Å². The second-order valence-corrected chi connectivity index (χ2v) is 9.29. The number of thioether (sulfide) groups is 1. The molecule has 33 heavy (non-hydrogen) atoms. The molecule has 0 unspecified atom stereocenters. The summed E-state index contributed by atoms with van der Waals surface area (Å²) in [6, 6.07) is 22.1. The summed E-state index contributed by atoms with van der Waals surface area (Å²) < 4.78 is 19.1. The van der Waals surface area contributed by atoms with Gasteiger partial charge in [-0.05, 0) is 52.8 Å². The van der Waals surface area contributed by atoms with E-state index < -0.39 is 0 Å². The molecule has 4 aromatic rings. The SMILES string of the molecule is CC(C)SCc1cccc(Nc2ncnc(-c3ccccc3OCc3ccc(F)cc3)n2)c1. The Morgan fingerprint density at radius 3 is 2.58 bits per heavy atom. The van der Waals surface area contributed by atoms with Crippen molar-refractivity contribution in [3.8, 4) is 17.1 Å². The zero-order valence-corrected chi connectivity index (χ0v) is 19.3. The van der Waals surface area contributed by atoms with Crippen LogP contribution in [0.25, 0.3) is 11.4 Å². The Morgan fingerprint density at radius 1 is 0.939 bits per heavy atom. The van der Waals surface area contributed by atoms with Crippen molar-refractivity contribution in [1.29, 1.82) is 0 Å². The van der Waals surface area contributed by atoms with Crippen LogP contribution in [0.15, 0.2) is 79.1 Å². The number of anilines is 2. The molecule has 7 heteroatoms. The lowest BCUT2D eigenvalue weighted by Crippen LogP contribution is -2.02. The maximum absolute atomic E-state index is 13.2. The number of benzene rings is 3. The summed E-state index contributed by atoms with van der Waals surface area (Å²) in [5.74, 6) is 2.30. The molecule has 1 aromatic heterocycles. The lowest BCUT2D eigenvalue weighted by atomic mass is 10.2. The highest BCUT2D eigenvalue weighted by Crippen LogP contribution is 2.28. The lowest BCUT2D eigenvalue weighted by Gasteiger charge is -2.12. The summed E-state index contributed by atoms with van der Waals surface area (Å²) in [5, 5.41) is 3.86. The van der Waals surface area contributed by atoms with E-state index in [1.54, 1.807) is 12.1 Å². The second kappa shape index (κ2) is 10.9. The zero-order chi connectivity index (χ0) is 23.0. The standard InChI is InChI=1S/C26H25FN4OS/c1-18(2)33-16-20-6-5-7-22(14-20)30-26-29-17-28-25(31-26)23-8-3-4-9-24(23)32-15-19-10-12-21(27)13-11-19/h3-14,17-18H,15-16H2,1-2H3,(H,28,29,30,31). The number of halogens is 1. The van der Waals surface area contributed by atoms with Crippen LogP contribution in [0.3, 0.4) is 0 Å². The minimum atomic E-state index is -0.270. The van der Waals surface area contributed by atoms with E-state index in [9.17, 15) is 4.39 Å². The topological polar surface area (TPSA) is 59.9 Å². The molecule has 3 aromatic carbocycles. The van der Waals surface area contributed by atoms with E-state index in [0.717, 1.165) is 22.6 Å². The average Bonchev–Trinajstić information content (AvgIpc) is 2.83. The van der Waals surface area contributed by atoms with Gasteiger partial charge in [-0.1, -0.05) is 50.2 Å². The smallest absolute Gasteiger partial charge is 0.230 e. The predicted octanol–water partition coefficient (Wildman–Crippen LogP) is 6.64. The molecule has 0 amide bonds. The van der Waals surface area contributed by atoms with Gasteiger partial charge in [0.2, 0.25) is 5.95 Å². The highest BCUT2D eigenvalue weighted by molar-refractivity contribution is 7.99. The van der Waals surface area contributed by atoms with Crippen molar-refractivity contribution < 1.29 is 9.13 Å². The molecule has 4 rings (SSSR count). The summed E-state index contributed by atoms with van der Waals surface area (Å²) in [6.45, 7) is 4.70. The fourth-order valence-corrected chi connectivity index (χ4v) is 3.84. The van der Waals surface area contributed by atoms with Crippen LogP contribution in [0, 0.1) is 5.82 Å². The average molecular weight is 461 g/mol. The normalized spacial score (nSPS) is 10.9. The van der Waals surface area contributed by atoms with E-state index in [0.29, 0.717) is 29.4 Å². The van der Waals surface area contributed by atoms with Crippen LogP contribution in [-0.4, -0.2) is 20.2 Å². The van der Waals surface area contributed by atoms with E-state index in [4.69, 9.17) is 4.74 Å². The highest BCUT2D eigenvalue weighted by Gasteiger charge is 2.11. The van der Waals surface area contributed by atoms with Crippen molar-refractivity contribution in [2.45, 2.75) is 31.5 Å². The summed E-state index contributed by atoms with van der Waals surface area (Å²) >= 11 is 1.90. The quantitative estimate of drug-likeness (QED) is 0.302. The van der Waals surface area contributed by atoms with Gasteiger partial charge in [-0.15, -0.1) is 0 Å². The minimum Gasteiger partial charge on any atom is -0.488 e.